The zero-order chi connectivity index (χ0) is 13.2. The topological polar surface area (TPSA) is 72.2 Å². The van der Waals surface area contributed by atoms with E-state index >= 15 is 0 Å². The lowest BCUT2D eigenvalue weighted by Crippen LogP contribution is -2.29. The molecule has 0 aromatic heterocycles. The number of nitrogens with two attached hydrogens (primary N) is 1. The van der Waals surface area contributed by atoms with Crippen LogP contribution in [-0.4, -0.2) is 11.8 Å². The second-order valence-corrected chi connectivity index (χ2v) is 3.42. The Hall–Kier alpha value is -1.76. The molecule has 0 spiro atoms. The summed E-state index contributed by atoms with van der Waals surface area (Å²) in [6.07, 6.45) is -4.65. The normalized spacial score (nSPS) is 11.1. The fourth-order valence-corrected chi connectivity index (χ4v) is 1.24. The van der Waals surface area contributed by atoms with Gasteiger partial charge in [-0.05, 0) is 18.2 Å². The van der Waals surface area contributed by atoms with Crippen molar-refractivity contribution in [3.8, 4) is 0 Å². The van der Waals surface area contributed by atoms with Crippen LogP contribution in [0, 0.1) is 0 Å². The lowest BCUT2D eigenvalue weighted by molar-refractivity contribution is -0.137. The molecule has 1 aromatic rings. The maximum absolute atomic E-state index is 12.4. The summed E-state index contributed by atoms with van der Waals surface area (Å²) in [5.41, 5.74) is 3.31. The third-order valence-corrected chi connectivity index (χ3v) is 2.08. The van der Waals surface area contributed by atoms with Gasteiger partial charge < -0.3 is 11.1 Å². The van der Waals surface area contributed by atoms with Gasteiger partial charge in [-0.2, -0.15) is 13.2 Å². The number of carbonyl (C=O) groups excluding carboxylic acids is 2. The first-order valence-electron chi connectivity index (χ1n) is 4.19. The van der Waals surface area contributed by atoms with Crippen molar-refractivity contribution in [3.05, 3.63) is 28.8 Å². The number of anilines is 1. The van der Waals surface area contributed by atoms with E-state index in [0.29, 0.717) is 6.07 Å². The van der Waals surface area contributed by atoms with E-state index in [1.807, 2.05) is 5.32 Å². The summed E-state index contributed by atoms with van der Waals surface area (Å²) < 4.78 is 37.3. The minimum atomic E-state index is -4.65. The van der Waals surface area contributed by atoms with Crippen molar-refractivity contribution in [1.29, 1.82) is 0 Å². The molecular formula is C9H6ClF3N2O2. The van der Waals surface area contributed by atoms with Crippen LogP contribution < -0.4 is 11.1 Å². The van der Waals surface area contributed by atoms with Crippen molar-refractivity contribution >= 4 is 29.1 Å². The third kappa shape index (κ3) is 3.35. The zero-order valence-electron chi connectivity index (χ0n) is 8.14. The number of hydrogen-bond acceptors (Lipinski definition) is 2. The highest BCUT2D eigenvalue weighted by atomic mass is 35.5. The molecule has 0 aliphatic carbocycles. The molecule has 17 heavy (non-hydrogen) atoms. The Kier molecular flexibility index (Phi) is 3.62. The molecule has 3 N–H and O–H groups in total. The number of alkyl halides is 3. The average Bonchev–Trinajstić information content (AvgIpc) is 2.19. The van der Waals surface area contributed by atoms with Crippen LogP contribution in [0.1, 0.15) is 5.56 Å². The van der Waals surface area contributed by atoms with E-state index in [1.165, 1.54) is 0 Å². The number of rotatable bonds is 1. The molecular weight excluding hydrogens is 261 g/mol. The second kappa shape index (κ2) is 4.62. The highest BCUT2D eigenvalue weighted by Crippen LogP contribution is 2.36. The van der Waals surface area contributed by atoms with Gasteiger partial charge in [0.15, 0.2) is 0 Å². The summed E-state index contributed by atoms with van der Waals surface area (Å²) in [4.78, 5) is 21.3. The summed E-state index contributed by atoms with van der Waals surface area (Å²) >= 11 is 5.36. The molecule has 8 heteroatoms. The van der Waals surface area contributed by atoms with E-state index < -0.39 is 28.6 Å². The number of halogens is 4. The molecule has 0 unspecified atom stereocenters. The van der Waals surface area contributed by atoms with E-state index in [0.717, 1.165) is 12.1 Å². The van der Waals surface area contributed by atoms with Crippen molar-refractivity contribution in [2.75, 3.05) is 5.32 Å². The number of primary amides is 1. The van der Waals surface area contributed by atoms with E-state index in [-0.39, 0.29) is 5.69 Å². The smallest absolute Gasteiger partial charge is 0.361 e. The van der Waals surface area contributed by atoms with Gasteiger partial charge in [0.1, 0.15) is 0 Å². The minimum Gasteiger partial charge on any atom is -0.361 e. The van der Waals surface area contributed by atoms with Crippen molar-refractivity contribution in [2.45, 2.75) is 6.18 Å². The first kappa shape index (κ1) is 13.3. The molecule has 92 valence electrons. The molecule has 0 saturated carbocycles. The first-order valence-corrected chi connectivity index (χ1v) is 4.57. The number of amides is 2. The Balaban J connectivity index is 3.05. The van der Waals surface area contributed by atoms with E-state index in [1.54, 1.807) is 0 Å². The van der Waals surface area contributed by atoms with E-state index in [2.05, 4.69) is 5.73 Å². The fourth-order valence-electron chi connectivity index (χ4n) is 1.01. The highest BCUT2D eigenvalue weighted by molar-refractivity contribution is 6.39. The molecule has 0 aliphatic rings. The van der Waals surface area contributed by atoms with Gasteiger partial charge in [-0.1, -0.05) is 11.6 Å². The molecule has 0 saturated heterocycles. The van der Waals surface area contributed by atoms with Crippen molar-refractivity contribution < 1.29 is 22.8 Å². The Bertz CT molecular complexity index is 474. The van der Waals surface area contributed by atoms with Crippen LogP contribution in [0.15, 0.2) is 18.2 Å². The molecule has 1 aromatic carbocycles. The predicted molar refractivity (Wildman–Crippen MR) is 54.3 cm³/mol. The van der Waals surface area contributed by atoms with E-state index in [9.17, 15) is 22.8 Å². The summed E-state index contributed by atoms with van der Waals surface area (Å²) in [6.45, 7) is 0. The Morgan fingerprint density at radius 2 is 1.88 bits per heavy atom. The molecule has 1 rings (SSSR count). The molecule has 4 nitrogen and oxygen atoms in total. The molecule has 0 radical (unpaired) electrons. The molecule has 0 fully saturated rings. The van der Waals surface area contributed by atoms with Crippen LogP contribution in [0.3, 0.4) is 0 Å². The van der Waals surface area contributed by atoms with Gasteiger partial charge in [-0.25, -0.2) is 0 Å². The predicted octanol–water partition coefficient (Wildman–Crippen LogP) is 1.78. The summed E-state index contributed by atoms with van der Waals surface area (Å²) in [7, 11) is 0. The summed E-state index contributed by atoms with van der Waals surface area (Å²) in [6, 6.07) is 2.70. The first-order chi connectivity index (χ1) is 7.71. The van der Waals surface area contributed by atoms with Crippen LogP contribution in [0.25, 0.3) is 0 Å². The van der Waals surface area contributed by atoms with Crippen molar-refractivity contribution in [2.24, 2.45) is 5.73 Å². The average molecular weight is 267 g/mol. The Labute approximate surface area is 98.5 Å². The Morgan fingerprint density at radius 3 is 2.35 bits per heavy atom. The van der Waals surface area contributed by atoms with Crippen molar-refractivity contribution in [1.82, 2.24) is 0 Å². The molecule has 0 bridgehead atoms. The molecule has 0 atom stereocenters. The maximum Gasteiger partial charge on any atom is 0.417 e. The largest absolute Gasteiger partial charge is 0.417 e. The van der Waals surface area contributed by atoms with Crippen LogP contribution in [0.2, 0.25) is 5.02 Å². The summed E-state index contributed by atoms with van der Waals surface area (Å²) in [5.74, 6) is -2.51. The van der Waals surface area contributed by atoms with Crippen molar-refractivity contribution in [3.63, 3.8) is 0 Å². The highest BCUT2D eigenvalue weighted by Gasteiger charge is 2.33. The quantitative estimate of drug-likeness (QED) is 0.761. The maximum atomic E-state index is 12.4. The second-order valence-electron chi connectivity index (χ2n) is 3.01. The molecule has 0 heterocycles. The van der Waals surface area contributed by atoms with Crippen LogP contribution >= 0.6 is 11.6 Å². The third-order valence-electron chi connectivity index (χ3n) is 1.75. The molecule has 0 aliphatic heterocycles. The van der Waals surface area contributed by atoms with Gasteiger partial charge in [-0.15, -0.1) is 0 Å². The number of carbonyl (C=O) groups is 2. The molecule has 2 amide bonds. The van der Waals surface area contributed by atoms with Gasteiger partial charge in [0.2, 0.25) is 0 Å². The van der Waals surface area contributed by atoms with Gasteiger partial charge >= 0.3 is 18.0 Å². The number of nitrogens with one attached hydrogen (secondary N) is 1. The fraction of sp³-hybridized carbons (Fsp3) is 0.111. The van der Waals surface area contributed by atoms with Gasteiger partial charge in [0.25, 0.3) is 0 Å². The number of benzene rings is 1. The number of hydrogen-bond donors (Lipinski definition) is 2. The minimum absolute atomic E-state index is 0.217. The lowest BCUT2D eigenvalue weighted by atomic mass is 10.2. The van der Waals surface area contributed by atoms with Gasteiger partial charge in [-0.3, -0.25) is 9.59 Å². The Morgan fingerprint density at radius 1 is 1.29 bits per heavy atom. The van der Waals surface area contributed by atoms with E-state index in [4.69, 9.17) is 11.6 Å². The van der Waals surface area contributed by atoms with Crippen LogP contribution in [0.5, 0.6) is 0 Å². The monoisotopic (exact) mass is 266 g/mol. The standard InChI is InChI=1S/C9H6ClF3N2O2/c10-6-2-1-4(15-8(17)7(14)16)3-5(6)9(11,12)13/h1-3H,(H2,14,16)(H,15,17). The zero-order valence-corrected chi connectivity index (χ0v) is 8.89. The van der Waals surface area contributed by atoms with Crippen LogP contribution in [0.4, 0.5) is 18.9 Å². The lowest BCUT2D eigenvalue weighted by Gasteiger charge is -2.11. The van der Waals surface area contributed by atoms with Crippen LogP contribution in [-0.2, 0) is 15.8 Å². The SMILES string of the molecule is NC(=O)C(=O)Nc1ccc(Cl)c(C(F)(F)F)c1. The van der Waals surface area contributed by atoms with Gasteiger partial charge in [0.05, 0.1) is 10.6 Å². The summed E-state index contributed by atoms with van der Waals surface area (Å²) in [5, 5.41) is 1.40. The van der Waals surface area contributed by atoms with Gasteiger partial charge in [0, 0.05) is 5.69 Å².